The van der Waals surface area contributed by atoms with Crippen LogP contribution in [0.4, 0.5) is 0 Å². The minimum Gasteiger partial charge on any atom is -0.336 e. The van der Waals surface area contributed by atoms with Crippen molar-refractivity contribution in [1.29, 1.82) is 0 Å². The molecule has 27 heavy (non-hydrogen) atoms. The SMILES string of the molecule is CCNCc1ccc(C(=O)N2CCN(C/C=C/c3ccccc3)CC2)cc1. The predicted octanol–water partition coefficient (Wildman–Crippen LogP) is 3.27. The predicted molar refractivity (Wildman–Crippen MR) is 112 cm³/mol. The molecule has 0 saturated carbocycles. The smallest absolute Gasteiger partial charge is 0.253 e. The van der Waals surface area contributed by atoms with Crippen molar-refractivity contribution in [2.45, 2.75) is 13.5 Å². The van der Waals surface area contributed by atoms with Gasteiger partial charge in [0.1, 0.15) is 0 Å². The van der Waals surface area contributed by atoms with Gasteiger partial charge in [-0.1, -0.05) is 61.5 Å². The zero-order valence-corrected chi connectivity index (χ0v) is 16.1. The highest BCUT2D eigenvalue weighted by molar-refractivity contribution is 5.94. The number of benzene rings is 2. The van der Waals surface area contributed by atoms with Crippen LogP contribution < -0.4 is 5.32 Å². The average Bonchev–Trinajstić information content (AvgIpc) is 2.73. The van der Waals surface area contributed by atoms with E-state index in [1.54, 1.807) is 0 Å². The van der Waals surface area contributed by atoms with Crippen molar-refractivity contribution in [2.75, 3.05) is 39.3 Å². The number of rotatable bonds is 7. The number of nitrogens with one attached hydrogen (secondary N) is 1. The van der Waals surface area contributed by atoms with E-state index in [-0.39, 0.29) is 5.91 Å². The van der Waals surface area contributed by atoms with E-state index < -0.39 is 0 Å². The van der Waals surface area contributed by atoms with E-state index in [1.165, 1.54) is 11.1 Å². The van der Waals surface area contributed by atoms with Crippen molar-refractivity contribution in [1.82, 2.24) is 15.1 Å². The molecule has 3 rings (SSSR count). The molecule has 142 valence electrons. The maximum atomic E-state index is 12.7. The molecule has 2 aromatic rings. The van der Waals surface area contributed by atoms with Gasteiger partial charge in [-0.2, -0.15) is 0 Å². The molecule has 1 aliphatic heterocycles. The third-order valence-electron chi connectivity index (χ3n) is 4.91. The fourth-order valence-electron chi connectivity index (χ4n) is 3.25. The second kappa shape index (κ2) is 10.0. The van der Waals surface area contributed by atoms with Gasteiger partial charge in [0, 0.05) is 44.8 Å². The molecule has 1 amide bonds. The Kier molecular flexibility index (Phi) is 7.19. The Balaban J connectivity index is 1.45. The minimum absolute atomic E-state index is 0.143. The molecule has 0 aliphatic carbocycles. The minimum atomic E-state index is 0.143. The standard InChI is InChI=1S/C23H29N3O/c1-2-24-19-21-10-12-22(13-11-21)23(27)26-17-15-25(16-18-26)14-6-9-20-7-4-3-5-8-20/h3-13,24H,2,14-19H2,1H3/b9-6+. The van der Waals surface area contributed by atoms with E-state index in [0.29, 0.717) is 0 Å². The summed E-state index contributed by atoms with van der Waals surface area (Å²) in [7, 11) is 0. The van der Waals surface area contributed by atoms with Crippen LogP contribution in [0.1, 0.15) is 28.4 Å². The number of carbonyl (C=O) groups excluding carboxylic acids is 1. The lowest BCUT2D eigenvalue weighted by atomic mass is 10.1. The fraction of sp³-hybridized carbons (Fsp3) is 0.348. The Hall–Kier alpha value is -2.43. The van der Waals surface area contributed by atoms with Crippen LogP contribution in [0.15, 0.2) is 60.7 Å². The Bertz CT molecular complexity index is 732. The summed E-state index contributed by atoms with van der Waals surface area (Å²) in [6.45, 7) is 8.23. The lowest BCUT2D eigenvalue weighted by molar-refractivity contribution is 0.0650. The summed E-state index contributed by atoms with van der Waals surface area (Å²) in [6.07, 6.45) is 4.36. The average molecular weight is 364 g/mol. The molecule has 1 heterocycles. The first-order valence-electron chi connectivity index (χ1n) is 9.79. The summed E-state index contributed by atoms with van der Waals surface area (Å²) in [4.78, 5) is 17.1. The summed E-state index contributed by atoms with van der Waals surface area (Å²) in [5, 5.41) is 3.30. The molecule has 1 N–H and O–H groups in total. The zero-order valence-electron chi connectivity index (χ0n) is 16.1. The summed E-state index contributed by atoms with van der Waals surface area (Å²) in [5.41, 5.74) is 3.22. The van der Waals surface area contributed by atoms with Crippen LogP contribution in [0, 0.1) is 0 Å². The van der Waals surface area contributed by atoms with Crippen LogP contribution in [0.2, 0.25) is 0 Å². The molecular weight excluding hydrogens is 334 g/mol. The van der Waals surface area contributed by atoms with E-state index in [0.717, 1.165) is 51.4 Å². The highest BCUT2D eigenvalue weighted by Crippen LogP contribution is 2.11. The van der Waals surface area contributed by atoms with E-state index >= 15 is 0 Å². The van der Waals surface area contributed by atoms with Crippen LogP contribution in [-0.2, 0) is 6.54 Å². The monoisotopic (exact) mass is 363 g/mol. The number of hydrogen-bond acceptors (Lipinski definition) is 3. The van der Waals surface area contributed by atoms with Crippen molar-refractivity contribution < 1.29 is 4.79 Å². The molecule has 0 atom stereocenters. The third-order valence-corrected chi connectivity index (χ3v) is 4.91. The van der Waals surface area contributed by atoms with E-state index in [2.05, 4.69) is 53.6 Å². The van der Waals surface area contributed by atoms with Crippen molar-refractivity contribution in [2.24, 2.45) is 0 Å². The van der Waals surface area contributed by atoms with Crippen LogP contribution in [0.5, 0.6) is 0 Å². The molecule has 4 heteroatoms. The van der Waals surface area contributed by atoms with Gasteiger partial charge in [-0.25, -0.2) is 0 Å². The number of nitrogens with zero attached hydrogens (tertiary/aromatic N) is 2. The first-order chi connectivity index (χ1) is 13.3. The van der Waals surface area contributed by atoms with Crippen molar-refractivity contribution in [3.8, 4) is 0 Å². The summed E-state index contributed by atoms with van der Waals surface area (Å²) >= 11 is 0. The molecule has 0 aromatic heterocycles. The van der Waals surface area contributed by atoms with Gasteiger partial charge in [-0.05, 0) is 29.8 Å². The molecule has 0 unspecified atom stereocenters. The Morgan fingerprint density at radius 1 is 1.00 bits per heavy atom. The molecule has 1 saturated heterocycles. The molecule has 4 nitrogen and oxygen atoms in total. The van der Waals surface area contributed by atoms with Gasteiger partial charge in [-0.15, -0.1) is 0 Å². The topological polar surface area (TPSA) is 35.6 Å². The third kappa shape index (κ3) is 5.78. The number of hydrogen-bond donors (Lipinski definition) is 1. The fourth-order valence-corrected chi connectivity index (χ4v) is 3.25. The van der Waals surface area contributed by atoms with Gasteiger partial charge in [0.05, 0.1) is 0 Å². The van der Waals surface area contributed by atoms with Crippen molar-refractivity contribution in [3.05, 3.63) is 77.4 Å². The van der Waals surface area contributed by atoms with Gasteiger partial charge in [0.2, 0.25) is 0 Å². The molecule has 2 aromatic carbocycles. The molecule has 1 aliphatic rings. The molecular formula is C23H29N3O. The molecule has 1 fully saturated rings. The van der Waals surface area contributed by atoms with Crippen LogP contribution in [0.25, 0.3) is 6.08 Å². The Morgan fingerprint density at radius 2 is 1.70 bits per heavy atom. The highest BCUT2D eigenvalue weighted by atomic mass is 16.2. The van der Waals surface area contributed by atoms with E-state index in [9.17, 15) is 4.79 Å². The second-order valence-electron chi connectivity index (χ2n) is 6.88. The lowest BCUT2D eigenvalue weighted by Gasteiger charge is -2.34. The van der Waals surface area contributed by atoms with Crippen LogP contribution >= 0.6 is 0 Å². The number of piperazine rings is 1. The normalized spacial score (nSPS) is 15.4. The summed E-state index contributed by atoms with van der Waals surface area (Å²) in [6, 6.07) is 18.3. The quantitative estimate of drug-likeness (QED) is 0.820. The van der Waals surface area contributed by atoms with Gasteiger partial charge in [0.25, 0.3) is 5.91 Å². The molecule has 0 bridgehead atoms. The number of carbonyl (C=O) groups is 1. The van der Waals surface area contributed by atoms with E-state index in [1.807, 2.05) is 35.2 Å². The maximum Gasteiger partial charge on any atom is 0.253 e. The van der Waals surface area contributed by atoms with Crippen LogP contribution in [-0.4, -0.2) is 55.0 Å². The molecule has 0 spiro atoms. The highest BCUT2D eigenvalue weighted by Gasteiger charge is 2.21. The first kappa shape index (κ1) is 19.3. The Labute approximate surface area is 162 Å². The van der Waals surface area contributed by atoms with Crippen molar-refractivity contribution in [3.63, 3.8) is 0 Å². The van der Waals surface area contributed by atoms with Crippen molar-refractivity contribution >= 4 is 12.0 Å². The largest absolute Gasteiger partial charge is 0.336 e. The van der Waals surface area contributed by atoms with E-state index in [4.69, 9.17) is 0 Å². The zero-order chi connectivity index (χ0) is 18.9. The first-order valence-corrected chi connectivity index (χ1v) is 9.79. The summed E-state index contributed by atoms with van der Waals surface area (Å²) < 4.78 is 0. The molecule has 0 radical (unpaired) electrons. The Morgan fingerprint density at radius 3 is 2.37 bits per heavy atom. The number of amides is 1. The van der Waals surface area contributed by atoms with Crippen LogP contribution in [0.3, 0.4) is 0 Å². The van der Waals surface area contributed by atoms with Gasteiger partial charge >= 0.3 is 0 Å². The maximum absolute atomic E-state index is 12.7. The van der Waals surface area contributed by atoms with Gasteiger partial charge in [-0.3, -0.25) is 9.69 Å². The lowest BCUT2D eigenvalue weighted by Crippen LogP contribution is -2.48. The summed E-state index contributed by atoms with van der Waals surface area (Å²) in [5.74, 6) is 0.143. The van der Waals surface area contributed by atoms with Gasteiger partial charge < -0.3 is 10.2 Å². The van der Waals surface area contributed by atoms with Gasteiger partial charge in [0.15, 0.2) is 0 Å². The second-order valence-corrected chi connectivity index (χ2v) is 6.88.